The Morgan fingerprint density at radius 1 is 0.957 bits per heavy atom. The molecular formula is C19H21NO3. The van der Waals surface area contributed by atoms with Crippen molar-refractivity contribution in [1.82, 2.24) is 0 Å². The Bertz CT molecular complexity index is 665. The van der Waals surface area contributed by atoms with Crippen molar-refractivity contribution in [2.75, 3.05) is 5.32 Å². The van der Waals surface area contributed by atoms with Gasteiger partial charge in [0.05, 0.1) is 5.92 Å². The minimum Gasteiger partial charge on any atom is -0.481 e. The van der Waals surface area contributed by atoms with Crippen molar-refractivity contribution >= 4 is 17.6 Å². The molecule has 2 unspecified atom stereocenters. The van der Waals surface area contributed by atoms with Crippen LogP contribution >= 0.6 is 0 Å². The molecule has 0 radical (unpaired) electrons. The van der Waals surface area contributed by atoms with Gasteiger partial charge in [0.25, 0.3) is 0 Å². The summed E-state index contributed by atoms with van der Waals surface area (Å²) >= 11 is 0. The molecule has 2 atom stereocenters. The highest BCUT2D eigenvalue weighted by atomic mass is 16.4. The highest BCUT2D eigenvalue weighted by Crippen LogP contribution is 2.21. The molecule has 0 fully saturated rings. The predicted octanol–water partition coefficient (Wildman–Crippen LogP) is 4.01. The first kappa shape index (κ1) is 16.7. The number of carbonyl (C=O) groups is 2. The van der Waals surface area contributed by atoms with Crippen molar-refractivity contribution in [3.63, 3.8) is 0 Å². The van der Waals surface area contributed by atoms with E-state index in [0.29, 0.717) is 17.7 Å². The molecular weight excluding hydrogens is 290 g/mol. The van der Waals surface area contributed by atoms with Gasteiger partial charge in [-0.25, -0.2) is 0 Å². The number of carbonyl (C=O) groups excluding carboxylic acids is 1. The minimum atomic E-state index is -0.863. The number of rotatable bonds is 6. The Balaban J connectivity index is 1.94. The van der Waals surface area contributed by atoms with Crippen LogP contribution in [0.25, 0.3) is 0 Å². The average molecular weight is 311 g/mol. The van der Waals surface area contributed by atoms with Gasteiger partial charge in [0.2, 0.25) is 5.91 Å². The van der Waals surface area contributed by atoms with E-state index in [1.165, 1.54) is 0 Å². The normalized spacial score (nSPS) is 13.1. The van der Waals surface area contributed by atoms with Crippen molar-refractivity contribution in [3.05, 3.63) is 65.7 Å². The number of hydrogen-bond donors (Lipinski definition) is 2. The summed E-state index contributed by atoms with van der Waals surface area (Å²) in [6, 6.07) is 16.8. The van der Waals surface area contributed by atoms with E-state index in [1.807, 2.05) is 37.3 Å². The van der Waals surface area contributed by atoms with Gasteiger partial charge in [-0.1, -0.05) is 49.4 Å². The van der Waals surface area contributed by atoms with Gasteiger partial charge in [-0.05, 0) is 36.1 Å². The zero-order chi connectivity index (χ0) is 16.8. The van der Waals surface area contributed by atoms with Crippen LogP contribution in [-0.4, -0.2) is 17.0 Å². The molecule has 4 heteroatoms. The molecule has 2 aromatic carbocycles. The molecule has 0 aliphatic carbocycles. The first-order chi connectivity index (χ1) is 11.0. The summed E-state index contributed by atoms with van der Waals surface area (Å²) in [5.41, 5.74) is 2.53. The summed E-state index contributed by atoms with van der Waals surface area (Å²) in [5, 5.41) is 11.8. The number of benzene rings is 2. The number of aliphatic carboxylic acids is 1. The van der Waals surface area contributed by atoms with Crippen LogP contribution in [0.4, 0.5) is 5.69 Å². The van der Waals surface area contributed by atoms with Gasteiger partial charge in [-0.3, -0.25) is 9.59 Å². The third-order valence-electron chi connectivity index (χ3n) is 3.93. The molecule has 0 saturated heterocycles. The summed E-state index contributed by atoms with van der Waals surface area (Å²) < 4.78 is 0. The Morgan fingerprint density at radius 3 is 2.13 bits per heavy atom. The molecule has 2 N–H and O–H groups in total. The van der Waals surface area contributed by atoms with E-state index in [9.17, 15) is 9.59 Å². The molecule has 0 heterocycles. The molecule has 0 spiro atoms. The minimum absolute atomic E-state index is 0.0552. The highest BCUT2D eigenvalue weighted by molar-refractivity contribution is 5.91. The molecule has 0 aliphatic heterocycles. The van der Waals surface area contributed by atoms with Gasteiger partial charge in [0, 0.05) is 12.1 Å². The lowest BCUT2D eigenvalue weighted by Crippen LogP contribution is -2.14. The van der Waals surface area contributed by atoms with Crippen LogP contribution in [0.5, 0.6) is 0 Å². The van der Waals surface area contributed by atoms with Crippen LogP contribution in [0.3, 0.4) is 0 Å². The summed E-state index contributed by atoms with van der Waals surface area (Å²) in [7, 11) is 0. The molecule has 120 valence electrons. The van der Waals surface area contributed by atoms with E-state index in [-0.39, 0.29) is 11.8 Å². The lowest BCUT2D eigenvalue weighted by Gasteiger charge is -2.13. The zero-order valence-electron chi connectivity index (χ0n) is 13.3. The van der Waals surface area contributed by atoms with Gasteiger partial charge in [-0.15, -0.1) is 0 Å². The lowest BCUT2D eigenvalue weighted by molar-refractivity contribution is -0.138. The molecule has 0 saturated carbocycles. The molecule has 2 aromatic rings. The van der Waals surface area contributed by atoms with Crippen LogP contribution in [0, 0.1) is 0 Å². The van der Waals surface area contributed by atoms with Crippen LogP contribution in [-0.2, 0) is 9.59 Å². The molecule has 23 heavy (non-hydrogen) atoms. The van der Waals surface area contributed by atoms with Crippen LogP contribution < -0.4 is 5.32 Å². The first-order valence-corrected chi connectivity index (χ1v) is 7.65. The van der Waals surface area contributed by atoms with Gasteiger partial charge in [0.1, 0.15) is 0 Å². The van der Waals surface area contributed by atoms with E-state index in [4.69, 9.17) is 5.11 Å². The topological polar surface area (TPSA) is 66.4 Å². The lowest BCUT2D eigenvalue weighted by atomic mass is 9.97. The Morgan fingerprint density at radius 2 is 1.57 bits per heavy atom. The van der Waals surface area contributed by atoms with E-state index >= 15 is 0 Å². The van der Waals surface area contributed by atoms with E-state index in [0.717, 1.165) is 5.56 Å². The Kier molecular flexibility index (Phi) is 5.52. The third kappa shape index (κ3) is 4.68. The van der Waals surface area contributed by atoms with Crippen LogP contribution in [0.2, 0.25) is 0 Å². The largest absolute Gasteiger partial charge is 0.481 e. The number of amides is 1. The fourth-order valence-electron chi connectivity index (χ4n) is 2.39. The maximum Gasteiger partial charge on any atom is 0.310 e. The van der Waals surface area contributed by atoms with Crippen LogP contribution in [0.1, 0.15) is 43.2 Å². The first-order valence-electron chi connectivity index (χ1n) is 7.65. The van der Waals surface area contributed by atoms with Gasteiger partial charge >= 0.3 is 5.97 Å². The Labute approximate surface area is 136 Å². The summed E-state index contributed by atoms with van der Waals surface area (Å²) in [6.45, 7) is 3.66. The number of carboxylic acid groups (broad SMARTS) is 1. The summed E-state index contributed by atoms with van der Waals surface area (Å²) in [6.07, 6.45) is 0.400. The van der Waals surface area contributed by atoms with E-state index in [2.05, 4.69) is 5.32 Å². The van der Waals surface area contributed by atoms with Crippen molar-refractivity contribution in [2.24, 2.45) is 0 Å². The highest BCUT2D eigenvalue weighted by Gasteiger charge is 2.14. The average Bonchev–Trinajstić information content (AvgIpc) is 2.55. The summed E-state index contributed by atoms with van der Waals surface area (Å²) in [4.78, 5) is 23.1. The molecule has 2 rings (SSSR count). The fourth-order valence-corrected chi connectivity index (χ4v) is 2.39. The van der Waals surface area contributed by atoms with Gasteiger partial charge in [0.15, 0.2) is 0 Å². The number of carboxylic acids is 1. The number of anilines is 1. The zero-order valence-corrected chi connectivity index (χ0v) is 13.3. The second-order valence-corrected chi connectivity index (χ2v) is 5.75. The number of nitrogens with one attached hydrogen (secondary N) is 1. The number of hydrogen-bond acceptors (Lipinski definition) is 2. The molecule has 0 aromatic heterocycles. The maximum absolute atomic E-state index is 12.1. The van der Waals surface area contributed by atoms with Crippen molar-refractivity contribution in [2.45, 2.75) is 32.1 Å². The second kappa shape index (κ2) is 7.58. The predicted molar refractivity (Wildman–Crippen MR) is 90.6 cm³/mol. The fraction of sp³-hybridized carbons (Fsp3) is 0.263. The van der Waals surface area contributed by atoms with Crippen LogP contribution in [0.15, 0.2) is 54.6 Å². The van der Waals surface area contributed by atoms with Gasteiger partial charge < -0.3 is 10.4 Å². The van der Waals surface area contributed by atoms with Crippen molar-refractivity contribution in [1.29, 1.82) is 0 Å². The molecule has 0 bridgehead atoms. The van der Waals surface area contributed by atoms with Crippen molar-refractivity contribution < 1.29 is 14.7 Å². The van der Waals surface area contributed by atoms with E-state index < -0.39 is 11.9 Å². The van der Waals surface area contributed by atoms with Crippen molar-refractivity contribution in [3.8, 4) is 0 Å². The SMILES string of the molecule is CC(CC(=O)Nc1ccc(C(C)C(=O)O)cc1)c1ccccc1. The smallest absolute Gasteiger partial charge is 0.310 e. The monoisotopic (exact) mass is 311 g/mol. The Hall–Kier alpha value is -2.62. The second-order valence-electron chi connectivity index (χ2n) is 5.75. The third-order valence-corrected chi connectivity index (χ3v) is 3.93. The van der Waals surface area contributed by atoms with E-state index in [1.54, 1.807) is 31.2 Å². The molecule has 0 aliphatic rings. The standard InChI is InChI=1S/C19H21NO3/c1-13(15-6-4-3-5-7-15)12-18(21)20-17-10-8-16(9-11-17)14(2)19(22)23/h3-11,13-14H,12H2,1-2H3,(H,20,21)(H,22,23). The maximum atomic E-state index is 12.1. The quantitative estimate of drug-likeness (QED) is 0.847. The summed E-state index contributed by atoms with van der Waals surface area (Å²) in [5.74, 6) is -1.33. The molecule has 4 nitrogen and oxygen atoms in total. The molecule has 1 amide bonds. The van der Waals surface area contributed by atoms with Gasteiger partial charge in [-0.2, -0.15) is 0 Å².